The lowest BCUT2D eigenvalue weighted by atomic mass is 10.1. The third-order valence-corrected chi connectivity index (χ3v) is 5.38. The van der Waals surface area contributed by atoms with E-state index in [1.165, 1.54) is 26.4 Å². The third kappa shape index (κ3) is 10.9. The Morgan fingerprint density at radius 3 is 2.52 bits per heavy atom. The fourth-order valence-corrected chi connectivity index (χ4v) is 3.47. The second kappa shape index (κ2) is 15.7. The molecule has 2 aromatic carbocycles. The topological polar surface area (TPSA) is 64.6 Å². The highest BCUT2D eigenvalue weighted by Crippen LogP contribution is 2.23. The Labute approximate surface area is 198 Å². The second-order valence-corrected chi connectivity index (χ2v) is 8.11. The Kier molecular flexibility index (Phi) is 12.4. The Morgan fingerprint density at radius 1 is 0.970 bits per heavy atom. The summed E-state index contributed by atoms with van der Waals surface area (Å²) in [5.41, 5.74) is 2.17. The summed E-state index contributed by atoms with van der Waals surface area (Å²) in [6, 6.07) is 17.7. The molecule has 0 saturated carbocycles. The maximum Gasteiger partial charge on any atom is 0.305 e. The van der Waals surface area contributed by atoms with Gasteiger partial charge in [-0.3, -0.25) is 9.59 Å². The number of nitrogens with one attached hydrogen (secondary N) is 1. The number of unbranched alkanes of at least 4 members (excludes halogenated alkanes) is 4. The molecule has 1 amide bonds. The highest BCUT2D eigenvalue weighted by Gasteiger charge is 2.15. The first kappa shape index (κ1) is 26.2. The van der Waals surface area contributed by atoms with Gasteiger partial charge in [-0.25, -0.2) is 0 Å². The fourth-order valence-electron chi connectivity index (χ4n) is 3.47. The predicted octanol–water partition coefficient (Wildman–Crippen LogP) is 6.09. The van der Waals surface area contributed by atoms with Crippen molar-refractivity contribution in [2.75, 3.05) is 13.7 Å². The van der Waals surface area contributed by atoms with Crippen LogP contribution in [0.3, 0.4) is 0 Å². The summed E-state index contributed by atoms with van der Waals surface area (Å²) in [5, 5.41) is 3.00. The standard InChI is InChI=1S/C28H37NO4/c1-3-4-5-6-7-8-12-18-27(30)29-25(19-20-28(31)32-2)22-33-26-17-13-16-24(21-26)23-14-10-9-11-15-23/h8-17,21,25H,3-7,18-20,22H2,1-2H3,(H,29,30)/b12-8+/t25-/m0/s1. The lowest BCUT2D eigenvalue weighted by Gasteiger charge is -2.19. The molecule has 0 saturated heterocycles. The Balaban J connectivity index is 1.89. The maximum absolute atomic E-state index is 12.4. The van der Waals surface area contributed by atoms with E-state index in [2.05, 4.69) is 30.4 Å². The molecule has 0 spiro atoms. The molecule has 0 aliphatic rings. The molecule has 1 N–H and O–H groups in total. The van der Waals surface area contributed by atoms with Crippen LogP contribution >= 0.6 is 0 Å². The van der Waals surface area contributed by atoms with E-state index in [-0.39, 0.29) is 30.9 Å². The van der Waals surface area contributed by atoms with Crippen LogP contribution in [0.25, 0.3) is 11.1 Å². The van der Waals surface area contributed by atoms with Gasteiger partial charge in [0.15, 0.2) is 0 Å². The van der Waals surface area contributed by atoms with Crippen molar-refractivity contribution in [2.24, 2.45) is 0 Å². The molecule has 5 heteroatoms. The Hall–Kier alpha value is -3.08. The van der Waals surface area contributed by atoms with Crippen LogP contribution in [0.5, 0.6) is 5.75 Å². The molecule has 0 fully saturated rings. The van der Waals surface area contributed by atoms with Crippen molar-refractivity contribution in [1.82, 2.24) is 5.32 Å². The molecular formula is C28H37NO4. The number of benzene rings is 2. The summed E-state index contributed by atoms with van der Waals surface area (Å²) in [6.07, 6.45) is 10.9. The molecule has 178 valence electrons. The number of methoxy groups -OCH3 is 1. The second-order valence-electron chi connectivity index (χ2n) is 8.11. The normalized spacial score (nSPS) is 11.8. The van der Waals surface area contributed by atoms with Crippen LogP contribution in [0.4, 0.5) is 0 Å². The first-order valence-corrected chi connectivity index (χ1v) is 11.9. The molecule has 0 aliphatic heterocycles. The minimum atomic E-state index is -0.299. The molecule has 0 bridgehead atoms. The summed E-state index contributed by atoms with van der Waals surface area (Å²) in [5.74, 6) is 0.351. The van der Waals surface area contributed by atoms with Crippen LogP contribution in [-0.4, -0.2) is 31.6 Å². The van der Waals surface area contributed by atoms with Gasteiger partial charge in [0.05, 0.1) is 13.2 Å². The quantitative estimate of drug-likeness (QED) is 0.202. The maximum atomic E-state index is 12.4. The van der Waals surface area contributed by atoms with Crippen LogP contribution in [0, 0.1) is 0 Å². The summed E-state index contributed by atoms with van der Waals surface area (Å²) >= 11 is 0. The average Bonchev–Trinajstić information content (AvgIpc) is 2.85. The first-order valence-electron chi connectivity index (χ1n) is 11.9. The molecule has 5 nitrogen and oxygen atoms in total. The van der Waals surface area contributed by atoms with Gasteiger partial charge in [0.2, 0.25) is 5.91 Å². The van der Waals surface area contributed by atoms with Gasteiger partial charge in [-0.15, -0.1) is 0 Å². The molecule has 2 aromatic rings. The van der Waals surface area contributed by atoms with Crippen molar-refractivity contribution in [2.45, 2.75) is 64.3 Å². The van der Waals surface area contributed by atoms with Crippen molar-refractivity contribution >= 4 is 11.9 Å². The summed E-state index contributed by atoms with van der Waals surface area (Å²) in [7, 11) is 1.37. The van der Waals surface area contributed by atoms with E-state index in [1.54, 1.807) is 0 Å². The monoisotopic (exact) mass is 451 g/mol. The molecule has 0 radical (unpaired) electrons. The van der Waals surface area contributed by atoms with Crippen LogP contribution < -0.4 is 10.1 Å². The number of rotatable bonds is 15. The van der Waals surface area contributed by atoms with E-state index in [9.17, 15) is 9.59 Å². The number of carbonyl (C=O) groups excluding carboxylic acids is 2. The molecular weight excluding hydrogens is 414 g/mol. The zero-order chi connectivity index (χ0) is 23.7. The minimum Gasteiger partial charge on any atom is -0.491 e. The highest BCUT2D eigenvalue weighted by atomic mass is 16.5. The fraction of sp³-hybridized carbons (Fsp3) is 0.429. The van der Waals surface area contributed by atoms with E-state index in [1.807, 2.05) is 48.5 Å². The summed E-state index contributed by atoms with van der Waals surface area (Å²) in [6.45, 7) is 2.47. The van der Waals surface area contributed by atoms with Gasteiger partial charge in [-0.05, 0) is 42.5 Å². The number of amides is 1. The number of allylic oxidation sites excluding steroid dienone is 1. The highest BCUT2D eigenvalue weighted by molar-refractivity contribution is 5.78. The number of hydrogen-bond donors (Lipinski definition) is 1. The van der Waals surface area contributed by atoms with Crippen molar-refractivity contribution in [3.8, 4) is 16.9 Å². The Morgan fingerprint density at radius 2 is 1.76 bits per heavy atom. The smallest absolute Gasteiger partial charge is 0.305 e. The van der Waals surface area contributed by atoms with E-state index >= 15 is 0 Å². The first-order chi connectivity index (χ1) is 16.1. The summed E-state index contributed by atoms with van der Waals surface area (Å²) < 4.78 is 10.7. The van der Waals surface area contributed by atoms with Gasteiger partial charge in [-0.2, -0.15) is 0 Å². The lowest BCUT2D eigenvalue weighted by molar-refractivity contribution is -0.141. The largest absolute Gasteiger partial charge is 0.491 e. The third-order valence-electron chi connectivity index (χ3n) is 5.38. The molecule has 0 aliphatic carbocycles. The number of esters is 1. The molecule has 2 rings (SSSR count). The number of hydrogen-bond acceptors (Lipinski definition) is 4. The van der Waals surface area contributed by atoms with E-state index in [0.29, 0.717) is 12.8 Å². The van der Waals surface area contributed by atoms with Crippen molar-refractivity contribution in [1.29, 1.82) is 0 Å². The average molecular weight is 452 g/mol. The minimum absolute atomic E-state index is 0.0729. The molecule has 0 heterocycles. The number of carbonyl (C=O) groups is 2. The lowest BCUT2D eigenvalue weighted by Crippen LogP contribution is -2.39. The summed E-state index contributed by atoms with van der Waals surface area (Å²) in [4.78, 5) is 24.0. The predicted molar refractivity (Wildman–Crippen MR) is 133 cm³/mol. The molecule has 33 heavy (non-hydrogen) atoms. The van der Waals surface area contributed by atoms with Crippen molar-refractivity contribution < 1.29 is 19.1 Å². The molecule has 0 aromatic heterocycles. The van der Waals surface area contributed by atoms with E-state index in [0.717, 1.165) is 29.7 Å². The van der Waals surface area contributed by atoms with Gasteiger partial charge in [0.1, 0.15) is 12.4 Å². The molecule has 0 unspecified atom stereocenters. The number of ether oxygens (including phenoxy) is 2. The van der Waals surface area contributed by atoms with Crippen LogP contribution in [-0.2, 0) is 14.3 Å². The van der Waals surface area contributed by atoms with E-state index in [4.69, 9.17) is 9.47 Å². The van der Waals surface area contributed by atoms with Crippen LogP contribution in [0.15, 0.2) is 66.7 Å². The molecule has 1 atom stereocenters. The zero-order valence-electron chi connectivity index (χ0n) is 19.9. The van der Waals surface area contributed by atoms with Gasteiger partial charge >= 0.3 is 5.97 Å². The zero-order valence-corrected chi connectivity index (χ0v) is 19.9. The van der Waals surface area contributed by atoms with Crippen LogP contribution in [0.2, 0.25) is 0 Å². The van der Waals surface area contributed by atoms with Gasteiger partial charge < -0.3 is 14.8 Å². The van der Waals surface area contributed by atoms with E-state index < -0.39 is 0 Å². The van der Waals surface area contributed by atoms with Crippen molar-refractivity contribution in [3.05, 3.63) is 66.7 Å². The van der Waals surface area contributed by atoms with Crippen molar-refractivity contribution in [3.63, 3.8) is 0 Å². The van der Waals surface area contributed by atoms with Gasteiger partial charge in [0, 0.05) is 12.8 Å². The SMILES string of the molecule is CCCCCC/C=C/CC(=O)N[C@@H](CCC(=O)OC)COc1cccc(-c2ccccc2)c1. The van der Waals surface area contributed by atoms with Crippen LogP contribution in [0.1, 0.15) is 58.3 Å². The Bertz CT molecular complexity index is 863. The van der Waals surface area contributed by atoms with Gasteiger partial charge in [0.25, 0.3) is 0 Å². The van der Waals surface area contributed by atoms with Gasteiger partial charge in [-0.1, -0.05) is 80.8 Å².